The second-order valence-corrected chi connectivity index (χ2v) is 15.1. The van der Waals surface area contributed by atoms with Crippen molar-refractivity contribution in [2.45, 2.75) is 56.2 Å². The number of aliphatic hydroxyl groups is 4. The molecule has 48 heavy (non-hydrogen) atoms. The summed E-state index contributed by atoms with van der Waals surface area (Å²) in [7, 11) is -4.35. The lowest BCUT2D eigenvalue weighted by atomic mass is 9.89. The summed E-state index contributed by atoms with van der Waals surface area (Å²) >= 11 is 12.6. The highest BCUT2D eigenvalue weighted by atomic mass is 35.5. The molecule has 4 atom stereocenters. The number of hydrogen-bond donors (Lipinski definition) is 5. The van der Waals surface area contributed by atoms with E-state index in [4.69, 9.17) is 23.2 Å². The molecule has 1 amide bonds. The van der Waals surface area contributed by atoms with Gasteiger partial charge in [-0.1, -0.05) is 90.5 Å². The summed E-state index contributed by atoms with van der Waals surface area (Å²) in [5, 5.41) is 43.2. The normalized spacial score (nSPS) is 24.3. The third-order valence-electron chi connectivity index (χ3n) is 8.30. The fourth-order valence-electron chi connectivity index (χ4n) is 5.52. The molecule has 2 aliphatic carbocycles. The van der Waals surface area contributed by atoms with Gasteiger partial charge in [0.05, 0.1) is 10.3 Å². The van der Waals surface area contributed by atoms with E-state index < -0.39 is 44.4 Å². The minimum absolute atomic E-state index is 0.0207. The Bertz CT molecular complexity index is 1920. The zero-order valence-electron chi connectivity index (χ0n) is 26.2. The van der Waals surface area contributed by atoms with Crippen molar-refractivity contribution >= 4 is 39.1 Å². The molecule has 3 aromatic carbocycles. The van der Waals surface area contributed by atoms with E-state index in [1.54, 1.807) is 24.3 Å². The van der Waals surface area contributed by atoms with E-state index >= 15 is 0 Å². The van der Waals surface area contributed by atoms with Crippen molar-refractivity contribution in [3.05, 3.63) is 141 Å². The summed E-state index contributed by atoms with van der Waals surface area (Å²) in [5.41, 5.74) is 0.169. The molecule has 0 aliphatic heterocycles. The van der Waals surface area contributed by atoms with Crippen molar-refractivity contribution in [3.63, 3.8) is 0 Å². The number of nitrogens with one attached hydrogen (secondary N) is 1. The van der Waals surface area contributed by atoms with Crippen LogP contribution >= 0.6 is 23.2 Å². The van der Waals surface area contributed by atoms with Crippen molar-refractivity contribution in [1.82, 2.24) is 9.62 Å². The molecule has 2 aliphatic rings. The van der Waals surface area contributed by atoms with E-state index in [0.29, 0.717) is 16.7 Å². The van der Waals surface area contributed by atoms with Gasteiger partial charge in [-0.15, -0.1) is 11.6 Å². The summed E-state index contributed by atoms with van der Waals surface area (Å²) in [5.74, 6) is -1.12. The fraction of sp³-hybridized carbons (Fsp3) is 0.250. The summed E-state index contributed by atoms with van der Waals surface area (Å²) in [6, 6.07) is 24.3. The SMILES string of the molecule is CC1(O)C(S(=O)(=O)N(Cc2ccc(-c3ccccc3)cc2)Cc2cccc(CNC(=O)C3=C[C@@](C)(O)C(O)C(O)=C3)c2)=CC(Cl)=CC1Cl. The number of hydrogen-bond acceptors (Lipinski definition) is 7. The van der Waals surface area contributed by atoms with E-state index in [2.05, 4.69) is 5.32 Å². The van der Waals surface area contributed by atoms with Crippen LogP contribution in [0.4, 0.5) is 0 Å². The van der Waals surface area contributed by atoms with Gasteiger partial charge < -0.3 is 25.7 Å². The largest absolute Gasteiger partial charge is 0.509 e. The monoisotopic (exact) mass is 710 g/mol. The molecule has 9 nitrogen and oxygen atoms in total. The molecule has 12 heteroatoms. The minimum Gasteiger partial charge on any atom is -0.509 e. The molecule has 5 rings (SSSR count). The molecule has 0 aromatic heterocycles. The summed E-state index contributed by atoms with van der Waals surface area (Å²) in [4.78, 5) is 12.5. The van der Waals surface area contributed by atoms with Crippen LogP contribution in [0, 0.1) is 0 Å². The molecular weight excluding hydrogens is 675 g/mol. The van der Waals surface area contributed by atoms with Crippen LogP contribution in [-0.2, 0) is 34.5 Å². The zero-order chi connectivity index (χ0) is 34.9. The van der Waals surface area contributed by atoms with Crippen molar-refractivity contribution in [2.24, 2.45) is 0 Å². The standard InChI is InChI=1S/C36H36Cl2N2O7S/c1-35(44)19-28(16-30(41)33(35)42)34(43)39-20-24-7-6-8-25(15-24)22-40(48(46,47)32-18-29(37)17-31(38)36(32,2)45)21-23-11-13-27(14-12-23)26-9-4-3-5-10-26/h3-19,31,33,41-42,44-45H,20-22H2,1-2H3,(H,39,43)/t31?,33?,35-,36?/m1/s1. The van der Waals surface area contributed by atoms with Crippen molar-refractivity contribution in [2.75, 3.05) is 0 Å². The van der Waals surface area contributed by atoms with Crippen molar-refractivity contribution in [1.29, 1.82) is 0 Å². The Hall–Kier alpha value is -3.74. The van der Waals surface area contributed by atoms with Gasteiger partial charge in [0.25, 0.3) is 5.91 Å². The van der Waals surface area contributed by atoms with E-state index in [9.17, 15) is 33.6 Å². The molecule has 252 valence electrons. The molecular formula is C36H36Cl2N2O7S. The second-order valence-electron chi connectivity index (χ2n) is 12.2. The van der Waals surface area contributed by atoms with E-state index in [1.807, 2.05) is 54.6 Å². The minimum atomic E-state index is -4.35. The Morgan fingerprint density at radius 1 is 0.896 bits per heavy atom. The third-order valence-corrected chi connectivity index (χ3v) is 11.1. The first-order valence-corrected chi connectivity index (χ1v) is 17.3. The Morgan fingerprint density at radius 3 is 2.19 bits per heavy atom. The average molecular weight is 712 g/mol. The van der Waals surface area contributed by atoms with Gasteiger partial charge in [0.2, 0.25) is 10.0 Å². The first-order chi connectivity index (χ1) is 22.6. The highest BCUT2D eigenvalue weighted by molar-refractivity contribution is 7.93. The van der Waals surface area contributed by atoms with Gasteiger partial charge in [-0.2, -0.15) is 4.31 Å². The second kappa shape index (κ2) is 14.0. The van der Waals surface area contributed by atoms with Crippen LogP contribution in [0.25, 0.3) is 11.1 Å². The number of sulfonamides is 1. The van der Waals surface area contributed by atoms with E-state index in [-0.39, 0.29) is 35.1 Å². The van der Waals surface area contributed by atoms with Crippen LogP contribution in [0.2, 0.25) is 0 Å². The predicted molar refractivity (Wildman–Crippen MR) is 186 cm³/mol. The summed E-state index contributed by atoms with van der Waals surface area (Å²) in [6.45, 7) is 2.53. The number of aliphatic hydroxyl groups excluding tert-OH is 2. The van der Waals surface area contributed by atoms with Crippen LogP contribution in [0.3, 0.4) is 0 Å². The quantitative estimate of drug-likeness (QED) is 0.182. The Morgan fingerprint density at radius 2 is 1.52 bits per heavy atom. The maximum absolute atomic E-state index is 14.3. The predicted octanol–water partition coefficient (Wildman–Crippen LogP) is 5.17. The molecule has 3 aromatic rings. The molecule has 0 radical (unpaired) electrons. The van der Waals surface area contributed by atoms with Crippen LogP contribution in [0.1, 0.15) is 30.5 Å². The first-order valence-electron chi connectivity index (χ1n) is 15.1. The number of halogens is 2. The number of alkyl halides is 1. The molecule has 0 bridgehead atoms. The lowest BCUT2D eigenvalue weighted by Crippen LogP contribution is -2.45. The van der Waals surface area contributed by atoms with Gasteiger partial charge in [-0.05, 0) is 66.0 Å². The van der Waals surface area contributed by atoms with E-state index in [0.717, 1.165) is 17.2 Å². The first kappa shape index (κ1) is 35.6. The Kier molecular flexibility index (Phi) is 10.4. The highest BCUT2D eigenvalue weighted by Gasteiger charge is 2.45. The van der Waals surface area contributed by atoms with Crippen LogP contribution < -0.4 is 5.32 Å². The number of amides is 1. The van der Waals surface area contributed by atoms with Gasteiger partial charge in [-0.3, -0.25) is 4.79 Å². The van der Waals surface area contributed by atoms with Gasteiger partial charge >= 0.3 is 0 Å². The summed E-state index contributed by atoms with van der Waals surface area (Å²) < 4.78 is 29.8. The van der Waals surface area contributed by atoms with Crippen LogP contribution in [-0.4, -0.2) is 61.7 Å². The van der Waals surface area contributed by atoms with Crippen LogP contribution in [0.15, 0.2) is 124 Å². The molecule has 0 saturated carbocycles. The Balaban J connectivity index is 1.41. The van der Waals surface area contributed by atoms with Gasteiger partial charge in [0.1, 0.15) is 23.1 Å². The number of carbonyl (C=O) groups is 1. The number of benzene rings is 3. The van der Waals surface area contributed by atoms with E-state index in [1.165, 1.54) is 36.4 Å². The zero-order valence-corrected chi connectivity index (χ0v) is 28.5. The average Bonchev–Trinajstić information content (AvgIpc) is 3.04. The molecule has 0 heterocycles. The molecule has 0 fully saturated rings. The van der Waals surface area contributed by atoms with Gasteiger partial charge in [-0.25, -0.2) is 8.42 Å². The maximum Gasteiger partial charge on any atom is 0.251 e. The van der Waals surface area contributed by atoms with Gasteiger partial charge in [0, 0.05) is 30.2 Å². The lowest BCUT2D eigenvalue weighted by Gasteiger charge is -2.35. The fourth-order valence-corrected chi connectivity index (χ4v) is 8.05. The van der Waals surface area contributed by atoms with Crippen LogP contribution in [0.5, 0.6) is 0 Å². The van der Waals surface area contributed by atoms with Crippen molar-refractivity contribution in [3.8, 4) is 11.1 Å². The number of nitrogens with zero attached hydrogens (tertiary/aromatic N) is 1. The maximum atomic E-state index is 14.3. The smallest absolute Gasteiger partial charge is 0.251 e. The molecule has 3 unspecified atom stereocenters. The third kappa shape index (κ3) is 7.76. The number of carbonyl (C=O) groups excluding carboxylic acids is 1. The Labute approximate surface area is 289 Å². The lowest BCUT2D eigenvalue weighted by molar-refractivity contribution is -0.117. The molecule has 0 saturated heterocycles. The number of rotatable bonds is 10. The topological polar surface area (TPSA) is 147 Å². The number of allylic oxidation sites excluding steroid dienone is 2. The van der Waals surface area contributed by atoms with Gasteiger partial charge in [0.15, 0.2) is 0 Å². The highest BCUT2D eigenvalue weighted by Crippen LogP contribution is 2.38. The van der Waals surface area contributed by atoms with Crippen molar-refractivity contribution < 1.29 is 33.6 Å². The molecule has 0 spiro atoms. The summed E-state index contributed by atoms with van der Waals surface area (Å²) in [6.07, 6.45) is 3.30. The molecule has 5 N–H and O–H groups in total.